The summed E-state index contributed by atoms with van der Waals surface area (Å²) >= 11 is 0. The Morgan fingerprint density at radius 1 is 1.47 bits per heavy atom. The molecule has 3 heteroatoms. The molecule has 3 atom stereocenters. The van der Waals surface area contributed by atoms with E-state index < -0.39 is 0 Å². The lowest BCUT2D eigenvalue weighted by atomic mass is 10.2. The lowest BCUT2D eigenvalue weighted by Gasteiger charge is -2.39. The highest BCUT2D eigenvalue weighted by Gasteiger charge is 2.25. The summed E-state index contributed by atoms with van der Waals surface area (Å²) in [6, 6.07) is 0.521. The first-order valence-electron chi connectivity index (χ1n) is 5.67. The fourth-order valence-corrected chi connectivity index (χ4v) is 2.06. The summed E-state index contributed by atoms with van der Waals surface area (Å²) in [6.07, 6.45) is 5.86. The molecule has 0 bridgehead atoms. The number of terminal acetylenes is 1. The van der Waals surface area contributed by atoms with Gasteiger partial charge >= 0.3 is 0 Å². The lowest BCUT2D eigenvalue weighted by Crippen LogP contribution is -2.51. The molecule has 86 valence electrons. The Labute approximate surface area is 93.2 Å². The molecule has 0 aromatic heterocycles. The van der Waals surface area contributed by atoms with Gasteiger partial charge in [0.1, 0.15) is 0 Å². The quantitative estimate of drug-likeness (QED) is 0.546. The highest BCUT2D eigenvalue weighted by molar-refractivity contribution is 4.87. The molecular formula is C12H22N2O. The van der Waals surface area contributed by atoms with Crippen molar-refractivity contribution in [2.45, 2.75) is 39.0 Å². The predicted molar refractivity (Wildman–Crippen MR) is 62.7 cm³/mol. The van der Waals surface area contributed by atoms with E-state index in [1.54, 1.807) is 0 Å². The first-order valence-corrected chi connectivity index (χ1v) is 5.67. The van der Waals surface area contributed by atoms with Crippen LogP contribution in [0.25, 0.3) is 0 Å². The molecule has 0 saturated carbocycles. The molecular weight excluding hydrogens is 188 g/mol. The van der Waals surface area contributed by atoms with Gasteiger partial charge in [0.15, 0.2) is 0 Å². The number of nitrogens with zero attached hydrogens (tertiary/aromatic N) is 1. The SMILES string of the molecule is C#CCNCC(C)N1C[C@@H](C)O[C@@H](C)C1. The number of hydrogen-bond donors (Lipinski definition) is 1. The zero-order valence-corrected chi connectivity index (χ0v) is 9.99. The Morgan fingerprint density at radius 2 is 2.07 bits per heavy atom. The Balaban J connectivity index is 2.31. The van der Waals surface area contributed by atoms with E-state index in [0.29, 0.717) is 24.8 Å². The predicted octanol–water partition coefficient (Wildman–Crippen LogP) is 0.707. The van der Waals surface area contributed by atoms with Gasteiger partial charge in [0.25, 0.3) is 0 Å². The number of rotatable bonds is 4. The summed E-state index contributed by atoms with van der Waals surface area (Å²) in [5.74, 6) is 2.59. The highest BCUT2D eigenvalue weighted by atomic mass is 16.5. The minimum absolute atomic E-state index is 0.337. The van der Waals surface area contributed by atoms with Gasteiger partial charge in [-0.25, -0.2) is 0 Å². The number of nitrogens with one attached hydrogen (secondary N) is 1. The average molecular weight is 210 g/mol. The van der Waals surface area contributed by atoms with Gasteiger partial charge in [-0.2, -0.15) is 0 Å². The molecule has 1 fully saturated rings. The van der Waals surface area contributed by atoms with Gasteiger partial charge in [0, 0.05) is 25.7 Å². The fraction of sp³-hybridized carbons (Fsp3) is 0.833. The maximum Gasteiger partial charge on any atom is 0.0678 e. The number of ether oxygens (including phenoxy) is 1. The number of morpholine rings is 1. The van der Waals surface area contributed by atoms with E-state index in [0.717, 1.165) is 19.6 Å². The van der Waals surface area contributed by atoms with Crippen molar-refractivity contribution in [3.05, 3.63) is 0 Å². The van der Waals surface area contributed by atoms with Crippen molar-refractivity contribution in [3.63, 3.8) is 0 Å². The summed E-state index contributed by atoms with van der Waals surface area (Å²) in [5.41, 5.74) is 0. The van der Waals surface area contributed by atoms with Crippen molar-refractivity contribution >= 4 is 0 Å². The monoisotopic (exact) mass is 210 g/mol. The largest absolute Gasteiger partial charge is 0.373 e. The summed E-state index contributed by atoms with van der Waals surface area (Å²) in [7, 11) is 0. The van der Waals surface area contributed by atoms with E-state index in [1.807, 2.05) is 0 Å². The van der Waals surface area contributed by atoms with Gasteiger partial charge in [-0.05, 0) is 20.8 Å². The van der Waals surface area contributed by atoms with Crippen LogP contribution >= 0.6 is 0 Å². The van der Waals surface area contributed by atoms with Gasteiger partial charge in [0.2, 0.25) is 0 Å². The average Bonchev–Trinajstić information content (AvgIpc) is 2.16. The van der Waals surface area contributed by atoms with Crippen molar-refractivity contribution in [2.75, 3.05) is 26.2 Å². The second kappa shape index (κ2) is 6.12. The van der Waals surface area contributed by atoms with Crippen molar-refractivity contribution < 1.29 is 4.74 Å². The first kappa shape index (κ1) is 12.5. The molecule has 0 aromatic carbocycles. The standard InChI is InChI=1S/C12H22N2O/c1-5-6-13-7-10(2)14-8-11(3)15-12(4)9-14/h1,10-13H,6-9H2,2-4H3/t10?,11-,12+. The Kier molecular flexibility index (Phi) is 5.10. The molecule has 0 aromatic rings. The van der Waals surface area contributed by atoms with Crippen LogP contribution in [0.3, 0.4) is 0 Å². The molecule has 1 aliphatic heterocycles. The molecule has 1 saturated heterocycles. The van der Waals surface area contributed by atoms with E-state index >= 15 is 0 Å². The van der Waals surface area contributed by atoms with Crippen LogP contribution in [0, 0.1) is 12.3 Å². The topological polar surface area (TPSA) is 24.5 Å². The van der Waals surface area contributed by atoms with Crippen LogP contribution in [0.5, 0.6) is 0 Å². The molecule has 0 aliphatic carbocycles. The van der Waals surface area contributed by atoms with Crippen LogP contribution < -0.4 is 5.32 Å². The maximum absolute atomic E-state index is 5.70. The molecule has 0 spiro atoms. The minimum atomic E-state index is 0.337. The molecule has 1 rings (SSSR count). The zero-order chi connectivity index (χ0) is 11.3. The number of hydrogen-bond acceptors (Lipinski definition) is 3. The highest BCUT2D eigenvalue weighted by Crippen LogP contribution is 2.12. The second-order valence-corrected chi connectivity index (χ2v) is 4.40. The van der Waals surface area contributed by atoms with Crippen LogP contribution in [-0.4, -0.2) is 49.3 Å². The first-order chi connectivity index (χ1) is 7.13. The molecule has 0 amide bonds. The third kappa shape index (κ3) is 4.21. The van der Waals surface area contributed by atoms with Crippen molar-refractivity contribution in [1.29, 1.82) is 0 Å². The van der Waals surface area contributed by atoms with E-state index in [9.17, 15) is 0 Å². The van der Waals surface area contributed by atoms with Gasteiger partial charge in [-0.15, -0.1) is 6.42 Å². The van der Waals surface area contributed by atoms with E-state index in [-0.39, 0.29) is 0 Å². The third-order valence-corrected chi connectivity index (χ3v) is 2.74. The van der Waals surface area contributed by atoms with Gasteiger partial charge in [0.05, 0.1) is 18.8 Å². The summed E-state index contributed by atoms with van der Waals surface area (Å²) in [5, 5.41) is 3.24. The van der Waals surface area contributed by atoms with E-state index in [1.165, 1.54) is 0 Å². The Bertz CT molecular complexity index is 214. The van der Waals surface area contributed by atoms with Crippen LogP contribution in [0.4, 0.5) is 0 Å². The molecule has 1 aliphatic rings. The van der Waals surface area contributed by atoms with Crippen LogP contribution in [-0.2, 0) is 4.74 Å². The van der Waals surface area contributed by atoms with Crippen LogP contribution in [0.15, 0.2) is 0 Å². The molecule has 1 heterocycles. The van der Waals surface area contributed by atoms with Crippen molar-refractivity contribution in [1.82, 2.24) is 10.2 Å². The van der Waals surface area contributed by atoms with Gasteiger partial charge in [-0.3, -0.25) is 4.90 Å². The Morgan fingerprint density at radius 3 is 2.60 bits per heavy atom. The van der Waals surface area contributed by atoms with Crippen LogP contribution in [0.1, 0.15) is 20.8 Å². The minimum Gasteiger partial charge on any atom is -0.373 e. The Hall–Kier alpha value is -0.560. The van der Waals surface area contributed by atoms with Gasteiger partial charge < -0.3 is 10.1 Å². The van der Waals surface area contributed by atoms with Crippen molar-refractivity contribution in [3.8, 4) is 12.3 Å². The van der Waals surface area contributed by atoms with E-state index in [2.05, 4.69) is 36.9 Å². The molecule has 15 heavy (non-hydrogen) atoms. The lowest BCUT2D eigenvalue weighted by molar-refractivity contribution is -0.0780. The zero-order valence-electron chi connectivity index (χ0n) is 9.99. The van der Waals surface area contributed by atoms with Gasteiger partial charge in [-0.1, -0.05) is 5.92 Å². The summed E-state index contributed by atoms with van der Waals surface area (Å²) in [4.78, 5) is 2.46. The molecule has 3 nitrogen and oxygen atoms in total. The van der Waals surface area contributed by atoms with Crippen molar-refractivity contribution in [2.24, 2.45) is 0 Å². The molecule has 1 unspecified atom stereocenters. The third-order valence-electron chi connectivity index (χ3n) is 2.74. The second-order valence-electron chi connectivity index (χ2n) is 4.40. The van der Waals surface area contributed by atoms with E-state index in [4.69, 9.17) is 11.2 Å². The fourth-order valence-electron chi connectivity index (χ4n) is 2.06. The molecule has 1 N–H and O–H groups in total. The summed E-state index contributed by atoms with van der Waals surface area (Å²) < 4.78 is 5.70. The van der Waals surface area contributed by atoms with Crippen LogP contribution in [0.2, 0.25) is 0 Å². The smallest absolute Gasteiger partial charge is 0.0678 e. The molecule has 0 radical (unpaired) electrons. The maximum atomic E-state index is 5.70. The summed E-state index contributed by atoms with van der Waals surface area (Å²) in [6.45, 7) is 10.1. The normalized spacial score (nSPS) is 29.7.